The zero-order valence-corrected chi connectivity index (χ0v) is 14.5. The molecule has 8 heteroatoms. The fourth-order valence-corrected chi connectivity index (χ4v) is 4.14. The zero-order chi connectivity index (χ0) is 17.7. The molecule has 0 saturated carbocycles. The van der Waals surface area contributed by atoms with Crippen molar-refractivity contribution in [2.45, 2.75) is 37.4 Å². The van der Waals surface area contributed by atoms with Gasteiger partial charge in [-0.2, -0.15) is 0 Å². The number of likely N-dealkylation sites (tertiary alicyclic amines) is 1. The highest BCUT2D eigenvalue weighted by Crippen LogP contribution is 2.37. The number of nitrogens with zero attached hydrogens (tertiary/aromatic N) is 1. The molecule has 0 aliphatic carbocycles. The molecule has 1 aromatic rings. The monoisotopic (exact) mass is 351 g/mol. The van der Waals surface area contributed by atoms with Gasteiger partial charge in [0.25, 0.3) is 5.91 Å². The van der Waals surface area contributed by atoms with Crippen LogP contribution in [0.25, 0.3) is 0 Å². The van der Waals surface area contributed by atoms with Gasteiger partial charge in [0.1, 0.15) is 0 Å². The standard InChI is InChI=1S/C16H21N3O4S/c1-16(2)12-9-10(3-4-13(12)18-15(16)21)14(20)19-7-5-11(6-8-19)24(17,22)23/h3-4,9,11H,5-8H2,1-2H3,(H,18,21)(H2,17,22,23). The molecule has 2 aliphatic heterocycles. The van der Waals surface area contributed by atoms with Gasteiger partial charge in [-0.1, -0.05) is 0 Å². The first-order valence-corrected chi connectivity index (χ1v) is 9.48. The Morgan fingerprint density at radius 1 is 1.29 bits per heavy atom. The van der Waals surface area contributed by atoms with E-state index in [9.17, 15) is 18.0 Å². The van der Waals surface area contributed by atoms with Gasteiger partial charge < -0.3 is 10.2 Å². The Labute approximate surface area is 141 Å². The summed E-state index contributed by atoms with van der Waals surface area (Å²) in [7, 11) is -3.55. The molecular weight excluding hydrogens is 330 g/mol. The predicted molar refractivity (Wildman–Crippen MR) is 90.1 cm³/mol. The lowest BCUT2D eigenvalue weighted by Crippen LogP contribution is -2.44. The number of hydrogen-bond donors (Lipinski definition) is 2. The number of fused-ring (bicyclic) bond motifs is 1. The molecule has 130 valence electrons. The number of anilines is 1. The van der Waals surface area contributed by atoms with E-state index in [4.69, 9.17) is 5.14 Å². The zero-order valence-electron chi connectivity index (χ0n) is 13.7. The number of sulfonamides is 1. The Morgan fingerprint density at radius 2 is 1.92 bits per heavy atom. The molecule has 24 heavy (non-hydrogen) atoms. The quantitative estimate of drug-likeness (QED) is 0.821. The second-order valence-corrected chi connectivity index (χ2v) is 8.76. The van der Waals surface area contributed by atoms with Gasteiger partial charge in [0.15, 0.2) is 0 Å². The predicted octanol–water partition coefficient (Wildman–Crippen LogP) is 0.809. The first kappa shape index (κ1) is 16.9. The second-order valence-electron chi connectivity index (χ2n) is 6.92. The van der Waals surface area contributed by atoms with Gasteiger partial charge in [0, 0.05) is 24.3 Å². The average Bonchev–Trinajstić information content (AvgIpc) is 2.75. The number of benzene rings is 1. The third-order valence-electron chi connectivity index (χ3n) is 4.95. The molecule has 1 fully saturated rings. The van der Waals surface area contributed by atoms with Crippen LogP contribution in [0.1, 0.15) is 42.6 Å². The number of rotatable bonds is 2. The fraction of sp³-hybridized carbons (Fsp3) is 0.500. The number of piperidine rings is 1. The molecule has 2 heterocycles. The minimum absolute atomic E-state index is 0.0870. The highest BCUT2D eigenvalue weighted by Gasteiger charge is 2.39. The third kappa shape index (κ3) is 2.80. The van der Waals surface area contributed by atoms with Gasteiger partial charge in [-0.3, -0.25) is 9.59 Å². The van der Waals surface area contributed by atoms with E-state index in [-0.39, 0.29) is 11.8 Å². The van der Waals surface area contributed by atoms with Gasteiger partial charge in [-0.25, -0.2) is 13.6 Å². The summed E-state index contributed by atoms with van der Waals surface area (Å²) in [5, 5.41) is 7.41. The van der Waals surface area contributed by atoms with Gasteiger partial charge in [-0.15, -0.1) is 0 Å². The van der Waals surface area contributed by atoms with E-state index in [1.165, 1.54) is 0 Å². The van der Waals surface area contributed by atoms with Crippen molar-refractivity contribution in [3.63, 3.8) is 0 Å². The maximum atomic E-state index is 12.7. The molecule has 0 radical (unpaired) electrons. The summed E-state index contributed by atoms with van der Waals surface area (Å²) in [6.07, 6.45) is 0.697. The van der Waals surface area contributed by atoms with Crippen LogP contribution >= 0.6 is 0 Å². The molecule has 3 N–H and O–H groups in total. The largest absolute Gasteiger partial charge is 0.339 e. The molecule has 0 bridgehead atoms. The molecule has 2 aliphatic rings. The summed E-state index contributed by atoms with van der Waals surface area (Å²) >= 11 is 0. The van der Waals surface area contributed by atoms with Crippen molar-refractivity contribution in [2.24, 2.45) is 5.14 Å². The van der Waals surface area contributed by atoms with Crippen LogP contribution in [-0.2, 0) is 20.2 Å². The first-order chi connectivity index (χ1) is 11.1. The summed E-state index contributed by atoms with van der Waals surface area (Å²) in [6.45, 7) is 4.36. The Bertz CT molecular complexity index is 809. The van der Waals surface area contributed by atoms with Crippen molar-refractivity contribution in [2.75, 3.05) is 18.4 Å². The maximum Gasteiger partial charge on any atom is 0.253 e. The van der Waals surface area contributed by atoms with Crippen LogP contribution in [0.5, 0.6) is 0 Å². The van der Waals surface area contributed by atoms with E-state index >= 15 is 0 Å². The molecular formula is C16H21N3O4S. The highest BCUT2D eigenvalue weighted by atomic mass is 32.2. The SMILES string of the molecule is CC1(C)C(=O)Nc2ccc(C(=O)N3CCC(S(N)(=O)=O)CC3)cc21. The van der Waals surface area contributed by atoms with Crippen LogP contribution in [0.15, 0.2) is 18.2 Å². The van der Waals surface area contributed by atoms with E-state index < -0.39 is 20.7 Å². The van der Waals surface area contributed by atoms with Gasteiger partial charge in [-0.05, 0) is 50.5 Å². The molecule has 0 aromatic heterocycles. The average molecular weight is 351 g/mol. The summed E-state index contributed by atoms with van der Waals surface area (Å²) in [5.74, 6) is -0.239. The number of carbonyl (C=O) groups excluding carboxylic acids is 2. The van der Waals surface area contributed by atoms with Crippen LogP contribution in [0.4, 0.5) is 5.69 Å². The van der Waals surface area contributed by atoms with Crippen LogP contribution in [-0.4, -0.2) is 43.5 Å². The number of nitrogens with two attached hydrogens (primary N) is 1. The number of nitrogens with one attached hydrogen (secondary N) is 1. The first-order valence-electron chi connectivity index (χ1n) is 7.87. The molecule has 0 spiro atoms. The molecule has 1 aromatic carbocycles. The lowest BCUT2D eigenvalue weighted by molar-refractivity contribution is -0.119. The Kier molecular flexibility index (Phi) is 3.92. The van der Waals surface area contributed by atoms with E-state index in [0.29, 0.717) is 31.5 Å². The normalized spacial score (nSPS) is 20.6. The summed E-state index contributed by atoms with van der Waals surface area (Å²) in [4.78, 5) is 26.3. The minimum Gasteiger partial charge on any atom is -0.339 e. The number of primary sulfonamides is 1. The lowest BCUT2D eigenvalue weighted by atomic mass is 9.85. The summed E-state index contributed by atoms with van der Waals surface area (Å²) in [6, 6.07) is 5.18. The van der Waals surface area contributed by atoms with E-state index in [1.807, 2.05) is 13.8 Å². The number of hydrogen-bond acceptors (Lipinski definition) is 4. The van der Waals surface area contributed by atoms with Crippen molar-refractivity contribution in [1.29, 1.82) is 0 Å². The fourth-order valence-electron chi connectivity index (χ4n) is 3.27. The molecule has 7 nitrogen and oxygen atoms in total. The van der Waals surface area contributed by atoms with Crippen molar-refractivity contribution in [3.8, 4) is 0 Å². The molecule has 0 atom stereocenters. The smallest absolute Gasteiger partial charge is 0.253 e. The molecule has 2 amide bonds. The van der Waals surface area contributed by atoms with Crippen molar-refractivity contribution >= 4 is 27.5 Å². The Hall–Kier alpha value is -1.93. The van der Waals surface area contributed by atoms with Gasteiger partial charge in [0.05, 0.1) is 10.7 Å². The van der Waals surface area contributed by atoms with Gasteiger partial charge >= 0.3 is 0 Å². The Balaban J connectivity index is 1.78. The highest BCUT2D eigenvalue weighted by molar-refractivity contribution is 7.89. The number of carbonyl (C=O) groups is 2. The van der Waals surface area contributed by atoms with Crippen LogP contribution < -0.4 is 10.5 Å². The Morgan fingerprint density at radius 3 is 2.50 bits per heavy atom. The van der Waals surface area contributed by atoms with Crippen LogP contribution in [0, 0.1) is 0 Å². The summed E-state index contributed by atoms with van der Waals surface area (Å²) < 4.78 is 22.8. The van der Waals surface area contributed by atoms with Gasteiger partial charge in [0.2, 0.25) is 15.9 Å². The molecule has 1 saturated heterocycles. The maximum absolute atomic E-state index is 12.7. The van der Waals surface area contributed by atoms with E-state index in [1.54, 1.807) is 23.1 Å². The van der Waals surface area contributed by atoms with Crippen molar-refractivity contribution in [1.82, 2.24) is 4.90 Å². The third-order valence-corrected chi connectivity index (χ3v) is 6.35. The summed E-state index contributed by atoms with van der Waals surface area (Å²) in [5.41, 5.74) is 1.37. The number of amides is 2. The van der Waals surface area contributed by atoms with Crippen molar-refractivity contribution < 1.29 is 18.0 Å². The van der Waals surface area contributed by atoms with E-state index in [0.717, 1.165) is 11.3 Å². The van der Waals surface area contributed by atoms with Crippen molar-refractivity contribution in [3.05, 3.63) is 29.3 Å². The molecule has 0 unspecified atom stereocenters. The molecule has 3 rings (SSSR count). The van der Waals surface area contributed by atoms with Crippen LogP contribution in [0.3, 0.4) is 0 Å². The minimum atomic E-state index is -3.55. The van der Waals surface area contributed by atoms with Crippen LogP contribution in [0.2, 0.25) is 0 Å². The topological polar surface area (TPSA) is 110 Å². The second kappa shape index (κ2) is 5.56. The lowest BCUT2D eigenvalue weighted by Gasteiger charge is -2.31. The van der Waals surface area contributed by atoms with E-state index in [2.05, 4.69) is 5.32 Å².